The SMILES string of the molecule is CCCCOCC[Si](OCC)(OCC)OCC. The lowest BCUT2D eigenvalue weighted by Gasteiger charge is -2.28. The van der Waals surface area contributed by atoms with Crippen LogP contribution in [-0.2, 0) is 18.0 Å². The van der Waals surface area contributed by atoms with Gasteiger partial charge in [0.15, 0.2) is 0 Å². The van der Waals surface area contributed by atoms with E-state index in [2.05, 4.69) is 6.92 Å². The fourth-order valence-electron chi connectivity index (χ4n) is 1.55. The molecule has 0 heterocycles. The van der Waals surface area contributed by atoms with Gasteiger partial charge in [-0.1, -0.05) is 13.3 Å². The molecule has 0 atom stereocenters. The van der Waals surface area contributed by atoms with Crippen molar-refractivity contribution in [3.05, 3.63) is 0 Å². The van der Waals surface area contributed by atoms with Crippen LogP contribution in [0.5, 0.6) is 0 Å². The summed E-state index contributed by atoms with van der Waals surface area (Å²) in [5.74, 6) is 0. The van der Waals surface area contributed by atoms with Crippen LogP contribution in [0.25, 0.3) is 0 Å². The zero-order valence-electron chi connectivity index (χ0n) is 11.8. The standard InChI is InChI=1S/C12H28O4Si/c1-5-9-10-13-11-12-17(14-6-2,15-7-3)16-8-4/h5-12H2,1-4H3. The van der Waals surface area contributed by atoms with Crippen LogP contribution < -0.4 is 0 Å². The maximum absolute atomic E-state index is 5.73. The van der Waals surface area contributed by atoms with Crippen LogP contribution in [0.4, 0.5) is 0 Å². The third kappa shape index (κ3) is 7.89. The summed E-state index contributed by atoms with van der Waals surface area (Å²) in [5.41, 5.74) is 0. The molecular weight excluding hydrogens is 236 g/mol. The highest BCUT2D eigenvalue weighted by molar-refractivity contribution is 6.60. The Morgan fingerprint density at radius 1 is 0.765 bits per heavy atom. The average molecular weight is 264 g/mol. The molecule has 0 saturated heterocycles. The molecule has 0 spiro atoms. The fourth-order valence-corrected chi connectivity index (χ4v) is 3.94. The molecule has 0 aliphatic heterocycles. The number of hydrogen-bond donors (Lipinski definition) is 0. The van der Waals surface area contributed by atoms with Crippen molar-refractivity contribution < 1.29 is 18.0 Å². The van der Waals surface area contributed by atoms with Crippen molar-refractivity contribution in [2.45, 2.75) is 46.6 Å². The average Bonchev–Trinajstić information content (AvgIpc) is 2.30. The largest absolute Gasteiger partial charge is 0.503 e. The Kier molecular flexibility index (Phi) is 11.2. The van der Waals surface area contributed by atoms with E-state index in [1.807, 2.05) is 20.8 Å². The van der Waals surface area contributed by atoms with Crippen LogP contribution in [-0.4, -0.2) is 41.8 Å². The predicted octanol–water partition coefficient (Wildman–Crippen LogP) is 2.85. The highest BCUT2D eigenvalue weighted by Crippen LogP contribution is 2.16. The molecule has 0 radical (unpaired) electrons. The minimum Gasteiger partial charge on any atom is -0.381 e. The molecule has 0 fully saturated rings. The van der Waals surface area contributed by atoms with Gasteiger partial charge in [0.25, 0.3) is 0 Å². The van der Waals surface area contributed by atoms with Gasteiger partial charge in [0.1, 0.15) is 0 Å². The third-order valence-electron chi connectivity index (χ3n) is 2.29. The molecule has 0 bridgehead atoms. The molecule has 0 saturated carbocycles. The molecule has 0 aromatic heterocycles. The number of ether oxygens (including phenoxy) is 1. The first-order valence-electron chi connectivity index (χ1n) is 6.74. The fraction of sp³-hybridized carbons (Fsp3) is 1.00. The minimum absolute atomic E-state index is 0.626. The van der Waals surface area contributed by atoms with Gasteiger partial charge in [0.05, 0.1) is 6.61 Å². The predicted molar refractivity (Wildman–Crippen MR) is 71.2 cm³/mol. The van der Waals surface area contributed by atoms with Crippen molar-refractivity contribution in [3.63, 3.8) is 0 Å². The van der Waals surface area contributed by atoms with E-state index in [0.717, 1.165) is 25.5 Å². The molecule has 0 aromatic carbocycles. The van der Waals surface area contributed by atoms with E-state index in [0.29, 0.717) is 26.4 Å². The Balaban J connectivity index is 4.05. The second-order valence-electron chi connectivity index (χ2n) is 3.70. The van der Waals surface area contributed by atoms with Gasteiger partial charge in [-0.25, -0.2) is 0 Å². The third-order valence-corrected chi connectivity index (χ3v) is 5.29. The van der Waals surface area contributed by atoms with E-state index in [1.165, 1.54) is 0 Å². The van der Waals surface area contributed by atoms with Gasteiger partial charge >= 0.3 is 8.80 Å². The first-order chi connectivity index (χ1) is 8.24. The van der Waals surface area contributed by atoms with Crippen molar-refractivity contribution in [1.82, 2.24) is 0 Å². The lowest BCUT2D eigenvalue weighted by Crippen LogP contribution is -2.46. The summed E-state index contributed by atoms with van der Waals surface area (Å²) in [5, 5.41) is 0. The van der Waals surface area contributed by atoms with Crippen molar-refractivity contribution in [2.75, 3.05) is 33.0 Å². The molecule has 0 rings (SSSR count). The van der Waals surface area contributed by atoms with E-state index >= 15 is 0 Å². The Morgan fingerprint density at radius 2 is 1.29 bits per heavy atom. The van der Waals surface area contributed by atoms with Crippen LogP contribution in [0, 0.1) is 0 Å². The number of rotatable bonds is 12. The summed E-state index contributed by atoms with van der Waals surface area (Å²) in [7, 11) is -2.48. The quantitative estimate of drug-likeness (QED) is 0.401. The maximum atomic E-state index is 5.73. The maximum Gasteiger partial charge on any atom is 0.503 e. The summed E-state index contributed by atoms with van der Waals surface area (Å²) in [6.07, 6.45) is 2.26. The molecule has 4 nitrogen and oxygen atoms in total. The van der Waals surface area contributed by atoms with E-state index in [-0.39, 0.29) is 0 Å². The zero-order valence-corrected chi connectivity index (χ0v) is 12.8. The van der Waals surface area contributed by atoms with Crippen molar-refractivity contribution in [1.29, 1.82) is 0 Å². The van der Waals surface area contributed by atoms with Crippen LogP contribution in [0.15, 0.2) is 0 Å². The zero-order chi connectivity index (χ0) is 13.0. The topological polar surface area (TPSA) is 36.9 Å². The monoisotopic (exact) mass is 264 g/mol. The van der Waals surface area contributed by atoms with Gasteiger partial charge in [0.2, 0.25) is 0 Å². The van der Waals surface area contributed by atoms with E-state index < -0.39 is 8.80 Å². The van der Waals surface area contributed by atoms with Crippen LogP contribution in [0.2, 0.25) is 6.04 Å². The molecule has 0 aliphatic carbocycles. The summed E-state index contributed by atoms with van der Waals surface area (Å²) < 4.78 is 22.8. The van der Waals surface area contributed by atoms with Crippen LogP contribution >= 0.6 is 0 Å². The van der Waals surface area contributed by atoms with Crippen molar-refractivity contribution in [2.24, 2.45) is 0 Å². The van der Waals surface area contributed by atoms with Gasteiger partial charge in [-0.05, 0) is 27.2 Å². The second-order valence-corrected chi connectivity index (χ2v) is 6.43. The molecular formula is C12H28O4Si. The highest BCUT2D eigenvalue weighted by atomic mass is 28.4. The van der Waals surface area contributed by atoms with Gasteiger partial charge < -0.3 is 18.0 Å². The highest BCUT2D eigenvalue weighted by Gasteiger charge is 2.39. The normalized spacial score (nSPS) is 12.0. The number of unbranched alkanes of at least 4 members (excludes halogenated alkanes) is 1. The molecule has 0 aromatic rings. The second kappa shape index (κ2) is 11.2. The van der Waals surface area contributed by atoms with Crippen molar-refractivity contribution in [3.8, 4) is 0 Å². The van der Waals surface area contributed by atoms with E-state index in [9.17, 15) is 0 Å². The molecule has 0 amide bonds. The van der Waals surface area contributed by atoms with E-state index in [4.69, 9.17) is 18.0 Å². The van der Waals surface area contributed by atoms with Gasteiger partial charge in [-0.3, -0.25) is 0 Å². The Bertz CT molecular complexity index is 150. The van der Waals surface area contributed by atoms with Crippen LogP contribution in [0.1, 0.15) is 40.5 Å². The summed E-state index contributed by atoms with van der Waals surface area (Å²) in [6, 6.07) is 0.742. The smallest absolute Gasteiger partial charge is 0.381 e. The van der Waals surface area contributed by atoms with Crippen molar-refractivity contribution >= 4 is 8.80 Å². The first-order valence-corrected chi connectivity index (χ1v) is 8.67. The lowest BCUT2D eigenvalue weighted by atomic mass is 10.4. The Morgan fingerprint density at radius 3 is 1.71 bits per heavy atom. The molecule has 5 heteroatoms. The summed E-state index contributed by atoms with van der Waals surface area (Å²) >= 11 is 0. The Labute approximate surface area is 107 Å². The minimum atomic E-state index is -2.48. The molecule has 0 unspecified atom stereocenters. The van der Waals surface area contributed by atoms with Crippen LogP contribution in [0.3, 0.4) is 0 Å². The molecule has 17 heavy (non-hydrogen) atoms. The molecule has 104 valence electrons. The first kappa shape index (κ1) is 17.1. The number of hydrogen-bond acceptors (Lipinski definition) is 4. The lowest BCUT2D eigenvalue weighted by molar-refractivity contribution is 0.0575. The summed E-state index contributed by atoms with van der Waals surface area (Å²) in [6.45, 7) is 11.4. The van der Waals surface area contributed by atoms with Gasteiger partial charge in [0, 0.05) is 32.5 Å². The molecule has 0 aliphatic rings. The van der Waals surface area contributed by atoms with E-state index in [1.54, 1.807) is 0 Å². The Hall–Kier alpha value is 0.0569. The summed E-state index contributed by atoms with van der Waals surface area (Å²) in [4.78, 5) is 0. The van der Waals surface area contributed by atoms with Gasteiger partial charge in [-0.2, -0.15) is 0 Å². The van der Waals surface area contributed by atoms with Gasteiger partial charge in [-0.15, -0.1) is 0 Å². The molecule has 0 N–H and O–H groups in total.